The first-order chi connectivity index (χ1) is 11.7. The predicted octanol–water partition coefficient (Wildman–Crippen LogP) is 1.41. The zero-order valence-corrected chi connectivity index (χ0v) is 14.4. The Balaban J connectivity index is 2.11. The van der Waals surface area contributed by atoms with Crippen molar-refractivity contribution in [3.8, 4) is 0 Å². The lowest BCUT2D eigenvalue weighted by molar-refractivity contribution is -0.142. The van der Waals surface area contributed by atoms with Crippen LogP contribution in [-0.2, 0) is 34.7 Å². The lowest BCUT2D eigenvalue weighted by Crippen LogP contribution is -2.33. The molecule has 134 valence electrons. The molecular weight excluding hydrogens is 353 g/mol. The fourth-order valence-corrected chi connectivity index (χ4v) is 4.39. The summed E-state index contributed by atoms with van der Waals surface area (Å²) in [5.74, 6) is -3.32. The van der Waals surface area contributed by atoms with E-state index in [4.69, 9.17) is 9.47 Å². The zero-order valence-electron chi connectivity index (χ0n) is 13.6. The van der Waals surface area contributed by atoms with Gasteiger partial charge in [-0.15, -0.1) is 0 Å². The standard InChI is InChI=1S/C16H16FNO6S/c1-10(19)23-13-14(20)16(2,11-6-3-4-7-12(11)17)24-15(13)18-8-5-9-25(18,21)22/h3-4,6-7H,5,8-9H2,1-2H3. The molecule has 2 heterocycles. The Hall–Kier alpha value is -2.42. The summed E-state index contributed by atoms with van der Waals surface area (Å²) < 4.78 is 50.0. The van der Waals surface area contributed by atoms with Gasteiger partial charge in [0.05, 0.1) is 5.75 Å². The summed E-state index contributed by atoms with van der Waals surface area (Å²) in [6, 6.07) is 5.50. The highest BCUT2D eigenvalue weighted by molar-refractivity contribution is 7.89. The zero-order chi connectivity index (χ0) is 18.4. The van der Waals surface area contributed by atoms with Crippen LogP contribution in [0.4, 0.5) is 4.39 Å². The minimum absolute atomic E-state index is 0.0729. The Labute approximate surface area is 144 Å². The number of nitrogens with zero attached hydrogens (tertiary/aromatic N) is 1. The van der Waals surface area contributed by atoms with Crippen molar-refractivity contribution >= 4 is 21.8 Å². The highest BCUT2D eigenvalue weighted by Crippen LogP contribution is 2.42. The molecule has 9 heteroatoms. The summed E-state index contributed by atoms with van der Waals surface area (Å²) in [5.41, 5.74) is -1.90. The van der Waals surface area contributed by atoms with Gasteiger partial charge in [-0.05, 0) is 19.4 Å². The minimum Gasteiger partial charge on any atom is -0.456 e. The highest BCUT2D eigenvalue weighted by atomic mass is 32.2. The van der Waals surface area contributed by atoms with Crippen molar-refractivity contribution in [1.82, 2.24) is 4.31 Å². The van der Waals surface area contributed by atoms with E-state index < -0.39 is 39.0 Å². The average Bonchev–Trinajstić information content (AvgIpc) is 2.99. The predicted molar refractivity (Wildman–Crippen MR) is 83.7 cm³/mol. The number of Topliss-reactive ketones (excluding diaryl/α,β-unsaturated/α-hetero) is 1. The largest absolute Gasteiger partial charge is 0.456 e. The second kappa shape index (κ2) is 5.83. The van der Waals surface area contributed by atoms with E-state index in [1.54, 1.807) is 0 Å². The molecule has 2 aliphatic heterocycles. The first-order valence-corrected chi connectivity index (χ1v) is 9.19. The molecule has 0 saturated carbocycles. The summed E-state index contributed by atoms with van der Waals surface area (Å²) in [4.78, 5) is 24.2. The van der Waals surface area contributed by atoms with Gasteiger partial charge < -0.3 is 9.47 Å². The smallest absolute Gasteiger partial charge is 0.308 e. The maximum absolute atomic E-state index is 14.2. The SMILES string of the molecule is CC(=O)OC1=C(N2CCCS2(=O)=O)OC(C)(c2ccccc2F)C1=O. The monoisotopic (exact) mass is 369 g/mol. The molecule has 2 aliphatic rings. The maximum Gasteiger partial charge on any atom is 0.308 e. The molecule has 7 nitrogen and oxygen atoms in total. The molecule has 0 radical (unpaired) electrons. The third-order valence-electron chi connectivity index (χ3n) is 4.09. The molecule has 1 unspecified atom stereocenters. The molecule has 1 aromatic rings. The number of carbonyl (C=O) groups excluding carboxylic acids is 2. The second-order valence-corrected chi connectivity index (χ2v) is 7.93. The van der Waals surface area contributed by atoms with Crippen LogP contribution in [0.5, 0.6) is 0 Å². The first kappa shape index (κ1) is 17.4. The number of ether oxygens (including phenoxy) is 2. The van der Waals surface area contributed by atoms with Crippen molar-refractivity contribution in [2.45, 2.75) is 25.9 Å². The first-order valence-electron chi connectivity index (χ1n) is 7.59. The van der Waals surface area contributed by atoms with Gasteiger partial charge in [0, 0.05) is 19.0 Å². The van der Waals surface area contributed by atoms with E-state index in [1.807, 2.05) is 0 Å². The molecule has 0 N–H and O–H groups in total. The summed E-state index contributed by atoms with van der Waals surface area (Å²) >= 11 is 0. The van der Waals surface area contributed by atoms with Crippen molar-refractivity contribution in [1.29, 1.82) is 0 Å². The second-order valence-electron chi connectivity index (χ2n) is 5.91. The van der Waals surface area contributed by atoms with E-state index in [9.17, 15) is 22.4 Å². The molecule has 3 rings (SSSR count). The van der Waals surface area contributed by atoms with Gasteiger partial charge in [-0.3, -0.25) is 9.59 Å². The molecule has 0 spiro atoms. The maximum atomic E-state index is 14.2. The lowest BCUT2D eigenvalue weighted by atomic mass is 9.91. The number of benzene rings is 1. The van der Waals surface area contributed by atoms with Gasteiger partial charge >= 0.3 is 5.97 Å². The van der Waals surface area contributed by atoms with Crippen molar-refractivity contribution in [2.24, 2.45) is 0 Å². The Morgan fingerprint density at radius 1 is 1.36 bits per heavy atom. The van der Waals surface area contributed by atoms with Gasteiger partial charge in [-0.2, -0.15) is 0 Å². The van der Waals surface area contributed by atoms with E-state index in [0.717, 1.165) is 17.3 Å². The molecule has 1 aromatic carbocycles. The van der Waals surface area contributed by atoms with Crippen LogP contribution in [-0.4, -0.2) is 36.8 Å². The number of hydrogen-bond donors (Lipinski definition) is 0. The van der Waals surface area contributed by atoms with Crippen LogP contribution in [0.25, 0.3) is 0 Å². The fourth-order valence-electron chi connectivity index (χ4n) is 2.89. The summed E-state index contributed by atoms with van der Waals surface area (Å²) in [5, 5.41) is 0. The molecule has 0 bridgehead atoms. The Bertz CT molecular complexity index is 894. The van der Waals surface area contributed by atoms with Gasteiger partial charge in [0.1, 0.15) is 5.82 Å². The Morgan fingerprint density at radius 3 is 2.60 bits per heavy atom. The molecular formula is C16H16FNO6S. The molecule has 0 aliphatic carbocycles. The molecule has 1 fully saturated rings. The van der Waals surface area contributed by atoms with Gasteiger partial charge in [0.2, 0.25) is 21.4 Å². The number of carbonyl (C=O) groups is 2. The van der Waals surface area contributed by atoms with E-state index in [-0.39, 0.29) is 23.7 Å². The Kier molecular flexibility index (Phi) is 4.06. The van der Waals surface area contributed by atoms with Gasteiger partial charge in [0.25, 0.3) is 11.7 Å². The van der Waals surface area contributed by atoms with Crippen LogP contribution in [0.1, 0.15) is 25.8 Å². The quantitative estimate of drug-likeness (QED) is 0.749. The number of rotatable bonds is 3. The van der Waals surface area contributed by atoms with Crippen molar-refractivity contribution in [3.05, 3.63) is 47.3 Å². The molecule has 1 saturated heterocycles. The molecule has 25 heavy (non-hydrogen) atoms. The van der Waals surface area contributed by atoms with E-state index >= 15 is 0 Å². The average molecular weight is 369 g/mol. The van der Waals surface area contributed by atoms with Crippen LogP contribution in [0.2, 0.25) is 0 Å². The van der Waals surface area contributed by atoms with Gasteiger partial charge in [-0.1, -0.05) is 18.2 Å². The fraction of sp³-hybridized carbons (Fsp3) is 0.375. The van der Waals surface area contributed by atoms with Crippen LogP contribution in [0.15, 0.2) is 35.9 Å². The van der Waals surface area contributed by atoms with Gasteiger partial charge in [0.15, 0.2) is 0 Å². The highest BCUT2D eigenvalue weighted by Gasteiger charge is 2.53. The van der Waals surface area contributed by atoms with E-state index in [0.29, 0.717) is 6.42 Å². The summed E-state index contributed by atoms with van der Waals surface area (Å²) in [6.07, 6.45) is 0.340. The minimum atomic E-state index is -3.69. The van der Waals surface area contributed by atoms with E-state index in [1.165, 1.54) is 25.1 Å². The molecule has 0 aromatic heterocycles. The molecule has 1 atom stereocenters. The van der Waals surface area contributed by atoms with Crippen molar-refractivity contribution in [3.63, 3.8) is 0 Å². The van der Waals surface area contributed by atoms with Crippen LogP contribution in [0.3, 0.4) is 0 Å². The summed E-state index contributed by atoms with van der Waals surface area (Å²) in [6.45, 7) is 2.48. The Morgan fingerprint density at radius 2 is 2.04 bits per heavy atom. The van der Waals surface area contributed by atoms with Crippen LogP contribution in [0, 0.1) is 5.82 Å². The lowest BCUT2D eigenvalue weighted by Gasteiger charge is -2.26. The third kappa shape index (κ3) is 2.78. The third-order valence-corrected chi connectivity index (χ3v) is 5.92. The van der Waals surface area contributed by atoms with E-state index in [2.05, 4.69) is 0 Å². The number of sulfonamides is 1. The van der Waals surface area contributed by atoms with Crippen LogP contribution < -0.4 is 0 Å². The van der Waals surface area contributed by atoms with Crippen molar-refractivity contribution in [2.75, 3.05) is 12.3 Å². The van der Waals surface area contributed by atoms with Crippen molar-refractivity contribution < 1.29 is 31.9 Å². The number of ketones is 1. The number of esters is 1. The number of halogens is 1. The van der Waals surface area contributed by atoms with Crippen LogP contribution >= 0.6 is 0 Å². The topological polar surface area (TPSA) is 90.0 Å². The normalized spacial score (nSPS) is 25.2. The number of hydrogen-bond acceptors (Lipinski definition) is 6. The molecule has 0 amide bonds. The summed E-state index contributed by atoms with van der Waals surface area (Å²) in [7, 11) is -3.69. The van der Waals surface area contributed by atoms with Gasteiger partial charge in [-0.25, -0.2) is 17.1 Å².